The molecule has 1 fully saturated rings. The number of benzene rings is 1. The minimum Gasteiger partial charge on any atom is -0.460 e. The summed E-state index contributed by atoms with van der Waals surface area (Å²) in [4.78, 5) is 31.0. The van der Waals surface area contributed by atoms with E-state index in [1.54, 1.807) is 7.11 Å². The Kier molecular flexibility index (Phi) is 8.33. The standard InChI is InChI=1S/C27H39N5O4/c1-6-19-22(28-7-2)14-24-20(13-18(36-24)16-32-10-8-31(4)9-11-32)25(19)27(34)29-15-21-23(35-5)12-17(3)30-26(21)33/h12-14,21,23,28H,6-11,15-16H2,1-5H3,(H,29,34)(H,30,33). The van der Waals surface area contributed by atoms with Gasteiger partial charge in [-0.15, -0.1) is 0 Å². The minimum atomic E-state index is -0.502. The molecule has 2 aliphatic heterocycles. The Morgan fingerprint density at radius 2 is 1.97 bits per heavy atom. The Morgan fingerprint density at radius 1 is 1.22 bits per heavy atom. The third-order valence-corrected chi connectivity index (χ3v) is 7.13. The molecule has 0 bridgehead atoms. The molecule has 2 aliphatic rings. The van der Waals surface area contributed by atoms with Gasteiger partial charge in [-0.25, -0.2) is 0 Å². The number of anilines is 1. The second-order valence-corrected chi connectivity index (χ2v) is 9.72. The molecule has 36 heavy (non-hydrogen) atoms. The van der Waals surface area contributed by atoms with Gasteiger partial charge in [0.1, 0.15) is 11.3 Å². The summed E-state index contributed by atoms with van der Waals surface area (Å²) in [7, 11) is 3.72. The van der Waals surface area contributed by atoms with Crippen LogP contribution in [0.5, 0.6) is 0 Å². The van der Waals surface area contributed by atoms with Crippen molar-refractivity contribution in [1.82, 2.24) is 20.4 Å². The van der Waals surface area contributed by atoms with Crippen molar-refractivity contribution in [1.29, 1.82) is 0 Å². The van der Waals surface area contributed by atoms with Crippen LogP contribution in [0.2, 0.25) is 0 Å². The first-order chi connectivity index (χ1) is 17.3. The van der Waals surface area contributed by atoms with Gasteiger partial charge in [0.15, 0.2) is 0 Å². The highest BCUT2D eigenvalue weighted by Crippen LogP contribution is 2.33. The van der Waals surface area contributed by atoms with Crippen molar-refractivity contribution in [3.8, 4) is 0 Å². The highest BCUT2D eigenvalue weighted by atomic mass is 16.5. The number of methoxy groups -OCH3 is 1. The zero-order valence-electron chi connectivity index (χ0n) is 22.1. The Balaban J connectivity index is 1.63. The van der Waals surface area contributed by atoms with Gasteiger partial charge < -0.3 is 30.0 Å². The summed E-state index contributed by atoms with van der Waals surface area (Å²) in [5.74, 6) is -0.0111. The van der Waals surface area contributed by atoms with Crippen LogP contribution in [0.25, 0.3) is 11.0 Å². The number of piperazine rings is 1. The van der Waals surface area contributed by atoms with Crippen LogP contribution < -0.4 is 16.0 Å². The van der Waals surface area contributed by atoms with Crippen molar-refractivity contribution < 1.29 is 18.7 Å². The lowest BCUT2D eigenvalue weighted by molar-refractivity contribution is -0.128. The first-order valence-electron chi connectivity index (χ1n) is 12.9. The molecule has 2 unspecified atom stereocenters. The van der Waals surface area contributed by atoms with Crippen LogP contribution in [0.15, 0.2) is 28.3 Å². The number of carbonyl (C=O) groups is 2. The number of hydrogen-bond acceptors (Lipinski definition) is 7. The molecule has 196 valence electrons. The lowest BCUT2D eigenvalue weighted by Crippen LogP contribution is -2.47. The molecule has 9 heteroatoms. The summed E-state index contributed by atoms with van der Waals surface area (Å²) >= 11 is 0. The van der Waals surface area contributed by atoms with Gasteiger partial charge in [-0.3, -0.25) is 14.5 Å². The van der Waals surface area contributed by atoms with Crippen molar-refractivity contribution >= 4 is 28.5 Å². The fourth-order valence-corrected chi connectivity index (χ4v) is 5.13. The van der Waals surface area contributed by atoms with Gasteiger partial charge in [0, 0.05) is 69.2 Å². The number of nitrogens with zero attached hydrogens (tertiary/aromatic N) is 2. The van der Waals surface area contributed by atoms with Crippen molar-refractivity contribution in [2.75, 3.05) is 58.7 Å². The number of allylic oxidation sites excluding steroid dienone is 1. The van der Waals surface area contributed by atoms with E-state index < -0.39 is 5.92 Å². The molecule has 4 rings (SSSR count). The molecule has 1 aromatic carbocycles. The number of nitrogens with one attached hydrogen (secondary N) is 3. The molecule has 2 aromatic rings. The van der Waals surface area contributed by atoms with E-state index in [1.165, 1.54) is 0 Å². The maximum Gasteiger partial charge on any atom is 0.252 e. The number of likely N-dealkylation sites (N-methyl/N-ethyl adjacent to an activating group) is 1. The third kappa shape index (κ3) is 5.58. The highest BCUT2D eigenvalue weighted by molar-refractivity contribution is 6.09. The van der Waals surface area contributed by atoms with Gasteiger partial charge in [0.25, 0.3) is 5.91 Å². The molecule has 0 radical (unpaired) electrons. The predicted molar refractivity (Wildman–Crippen MR) is 141 cm³/mol. The second-order valence-electron chi connectivity index (χ2n) is 9.72. The molecule has 3 heterocycles. The third-order valence-electron chi connectivity index (χ3n) is 7.13. The van der Waals surface area contributed by atoms with E-state index in [2.05, 4.69) is 32.8 Å². The topological polar surface area (TPSA) is 99.1 Å². The van der Waals surface area contributed by atoms with E-state index >= 15 is 0 Å². The summed E-state index contributed by atoms with van der Waals surface area (Å²) in [6.07, 6.45) is 2.18. The van der Waals surface area contributed by atoms with Gasteiger partial charge in [0.05, 0.1) is 24.1 Å². The fraction of sp³-hybridized carbons (Fsp3) is 0.556. The SMILES string of the molecule is CCNc1cc2oc(CN3CCN(C)CC3)cc2c(C(=O)NCC2C(=O)NC(C)=CC2OC)c1CC. The van der Waals surface area contributed by atoms with Gasteiger partial charge in [-0.1, -0.05) is 6.92 Å². The predicted octanol–water partition coefficient (Wildman–Crippen LogP) is 2.57. The average Bonchev–Trinajstić information content (AvgIpc) is 3.25. The lowest BCUT2D eigenvalue weighted by atomic mass is 9.95. The van der Waals surface area contributed by atoms with E-state index in [-0.39, 0.29) is 24.5 Å². The van der Waals surface area contributed by atoms with Crippen molar-refractivity contribution in [2.24, 2.45) is 5.92 Å². The van der Waals surface area contributed by atoms with Crippen LogP contribution >= 0.6 is 0 Å². The number of furan rings is 1. The van der Waals surface area contributed by atoms with Crippen LogP contribution in [-0.2, 0) is 22.5 Å². The van der Waals surface area contributed by atoms with Crippen molar-refractivity contribution in [3.05, 3.63) is 40.8 Å². The molecule has 2 amide bonds. The summed E-state index contributed by atoms with van der Waals surface area (Å²) in [6, 6.07) is 4.01. The van der Waals surface area contributed by atoms with Crippen LogP contribution in [0, 0.1) is 5.92 Å². The molecular weight excluding hydrogens is 458 g/mol. The average molecular weight is 498 g/mol. The van der Waals surface area contributed by atoms with Gasteiger partial charge in [-0.05, 0) is 45.0 Å². The minimum absolute atomic E-state index is 0.151. The Hall–Kier alpha value is -2.88. The van der Waals surface area contributed by atoms with Gasteiger partial charge >= 0.3 is 0 Å². The van der Waals surface area contributed by atoms with E-state index in [4.69, 9.17) is 9.15 Å². The quantitative estimate of drug-likeness (QED) is 0.490. The number of fused-ring (bicyclic) bond motifs is 1. The normalized spacial score (nSPS) is 21.4. The first kappa shape index (κ1) is 26.2. The van der Waals surface area contributed by atoms with Crippen molar-refractivity contribution in [3.63, 3.8) is 0 Å². The fourth-order valence-electron chi connectivity index (χ4n) is 5.13. The van der Waals surface area contributed by atoms with Crippen LogP contribution in [-0.4, -0.2) is 81.1 Å². The molecule has 2 atom stereocenters. The van der Waals surface area contributed by atoms with Crippen LogP contribution in [0.1, 0.15) is 42.5 Å². The molecule has 1 aromatic heterocycles. The number of hydrogen-bond donors (Lipinski definition) is 3. The van der Waals surface area contributed by atoms with E-state index in [0.717, 1.165) is 60.8 Å². The van der Waals surface area contributed by atoms with Crippen molar-refractivity contribution in [2.45, 2.75) is 39.8 Å². The molecule has 9 nitrogen and oxygen atoms in total. The Morgan fingerprint density at radius 3 is 2.64 bits per heavy atom. The van der Waals surface area contributed by atoms with E-state index in [1.807, 2.05) is 39.0 Å². The smallest absolute Gasteiger partial charge is 0.252 e. The summed E-state index contributed by atoms with van der Waals surface area (Å²) < 4.78 is 11.8. The molecule has 0 aliphatic carbocycles. The Bertz CT molecular complexity index is 1130. The largest absolute Gasteiger partial charge is 0.460 e. The van der Waals surface area contributed by atoms with E-state index in [9.17, 15) is 9.59 Å². The van der Waals surface area contributed by atoms with Gasteiger partial charge in [0.2, 0.25) is 5.91 Å². The number of rotatable bonds is 9. The molecular formula is C27H39N5O4. The molecule has 0 saturated carbocycles. The number of amides is 2. The molecule has 3 N–H and O–H groups in total. The lowest BCUT2D eigenvalue weighted by Gasteiger charge is -2.31. The highest BCUT2D eigenvalue weighted by Gasteiger charge is 2.32. The van der Waals surface area contributed by atoms with Crippen LogP contribution in [0.3, 0.4) is 0 Å². The maximum absolute atomic E-state index is 13.7. The summed E-state index contributed by atoms with van der Waals surface area (Å²) in [5.41, 5.74) is 3.91. The van der Waals surface area contributed by atoms with E-state index in [0.29, 0.717) is 24.1 Å². The molecule has 0 spiro atoms. The number of ether oxygens (including phenoxy) is 1. The monoisotopic (exact) mass is 497 g/mol. The van der Waals surface area contributed by atoms with Gasteiger partial charge in [-0.2, -0.15) is 0 Å². The maximum atomic E-state index is 13.7. The Labute approximate surface area is 213 Å². The summed E-state index contributed by atoms with van der Waals surface area (Å²) in [5, 5.41) is 10.1. The summed E-state index contributed by atoms with van der Waals surface area (Å²) in [6.45, 7) is 11.6. The number of carbonyl (C=O) groups excluding carboxylic acids is 2. The zero-order valence-corrected chi connectivity index (χ0v) is 22.1. The molecule has 1 saturated heterocycles. The van der Waals surface area contributed by atoms with Crippen LogP contribution in [0.4, 0.5) is 5.69 Å². The zero-order chi connectivity index (χ0) is 25.8. The second kappa shape index (κ2) is 11.5. The first-order valence-corrected chi connectivity index (χ1v) is 12.9.